The second-order valence-electron chi connectivity index (χ2n) is 10.7. The standard InChI is InChI=1S/C27H36N8O/c1-33(2)26(36)23-13-20-15-30-27(32-25(20)35(23)21-5-3-4-6-21)31-24-8-7-19(14-29-24)18-9-11-34(12-10-18)22-16-28-17-22/h7-8,13-15,18,21-22,28H,3-6,9-12,16-17H2,1-2H3,(H,29,30,31,32). The van der Waals surface area contributed by atoms with Crippen LogP contribution in [0, 0.1) is 0 Å². The van der Waals surface area contributed by atoms with Gasteiger partial charge in [-0.05, 0) is 62.4 Å². The van der Waals surface area contributed by atoms with Crippen molar-refractivity contribution in [2.24, 2.45) is 0 Å². The van der Waals surface area contributed by atoms with E-state index in [-0.39, 0.29) is 5.91 Å². The van der Waals surface area contributed by atoms with Gasteiger partial charge in [0.2, 0.25) is 5.95 Å². The Balaban J connectivity index is 1.19. The molecule has 1 aliphatic carbocycles. The first-order chi connectivity index (χ1) is 17.6. The lowest BCUT2D eigenvalue weighted by Gasteiger charge is -2.42. The second kappa shape index (κ2) is 9.78. The highest BCUT2D eigenvalue weighted by Crippen LogP contribution is 2.35. The summed E-state index contributed by atoms with van der Waals surface area (Å²) in [4.78, 5) is 31.2. The van der Waals surface area contributed by atoms with Gasteiger partial charge in [0.25, 0.3) is 5.91 Å². The third-order valence-electron chi connectivity index (χ3n) is 8.19. The summed E-state index contributed by atoms with van der Waals surface area (Å²) in [5.41, 5.74) is 2.82. The highest BCUT2D eigenvalue weighted by atomic mass is 16.2. The highest BCUT2D eigenvalue weighted by Gasteiger charge is 2.29. The SMILES string of the molecule is CN(C)C(=O)c1cc2cnc(Nc3ccc(C4CCN(C5CNC5)CC4)cn3)nc2n1C1CCCC1. The van der Waals surface area contributed by atoms with E-state index in [0.717, 1.165) is 48.8 Å². The summed E-state index contributed by atoms with van der Waals surface area (Å²) in [6, 6.07) is 7.18. The summed E-state index contributed by atoms with van der Waals surface area (Å²) in [7, 11) is 3.59. The van der Waals surface area contributed by atoms with Gasteiger partial charge < -0.3 is 20.1 Å². The molecule has 2 N–H and O–H groups in total. The number of hydrogen-bond donors (Lipinski definition) is 2. The van der Waals surface area contributed by atoms with Crippen LogP contribution < -0.4 is 10.6 Å². The van der Waals surface area contributed by atoms with E-state index in [9.17, 15) is 4.79 Å². The Morgan fingerprint density at radius 2 is 1.81 bits per heavy atom. The maximum absolute atomic E-state index is 12.9. The van der Waals surface area contributed by atoms with E-state index in [2.05, 4.69) is 36.1 Å². The van der Waals surface area contributed by atoms with Crippen LogP contribution in [0.5, 0.6) is 0 Å². The van der Waals surface area contributed by atoms with Crippen LogP contribution in [0.15, 0.2) is 30.6 Å². The van der Waals surface area contributed by atoms with Crippen LogP contribution in [-0.2, 0) is 0 Å². The van der Waals surface area contributed by atoms with E-state index in [1.165, 1.54) is 44.3 Å². The maximum Gasteiger partial charge on any atom is 0.270 e. The van der Waals surface area contributed by atoms with Crippen molar-refractivity contribution in [1.29, 1.82) is 0 Å². The van der Waals surface area contributed by atoms with Gasteiger partial charge >= 0.3 is 0 Å². The molecule has 9 heteroatoms. The average Bonchev–Trinajstić information content (AvgIpc) is 3.51. The Bertz CT molecular complexity index is 1220. The number of hydrogen-bond acceptors (Lipinski definition) is 7. The number of fused-ring (bicyclic) bond motifs is 1. The topological polar surface area (TPSA) is 91.2 Å². The molecule has 2 aliphatic heterocycles. The van der Waals surface area contributed by atoms with E-state index in [1.54, 1.807) is 19.0 Å². The maximum atomic E-state index is 12.9. The molecule has 3 aromatic rings. The summed E-state index contributed by atoms with van der Waals surface area (Å²) in [5, 5.41) is 7.56. The molecular weight excluding hydrogens is 452 g/mol. The minimum atomic E-state index is 0.00171. The summed E-state index contributed by atoms with van der Waals surface area (Å²) < 4.78 is 2.14. The molecule has 1 saturated carbocycles. The minimum Gasteiger partial charge on any atom is -0.343 e. The predicted molar refractivity (Wildman–Crippen MR) is 141 cm³/mol. The molecule has 0 radical (unpaired) electrons. The Morgan fingerprint density at radius 3 is 2.44 bits per heavy atom. The number of nitrogens with zero attached hydrogens (tertiary/aromatic N) is 6. The third-order valence-corrected chi connectivity index (χ3v) is 8.19. The lowest BCUT2D eigenvalue weighted by Crippen LogP contribution is -2.58. The molecule has 190 valence electrons. The largest absolute Gasteiger partial charge is 0.343 e. The van der Waals surface area contributed by atoms with Crippen molar-refractivity contribution in [1.82, 2.24) is 34.6 Å². The predicted octanol–water partition coefficient (Wildman–Crippen LogP) is 3.54. The molecule has 1 amide bonds. The Labute approximate surface area is 212 Å². The third kappa shape index (κ3) is 4.46. The van der Waals surface area contributed by atoms with Crippen LogP contribution in [0.3, 0.4) is 0 Å². The van der Waals surface area contributed by atoms with Gasteiger partial charge in [-0.1, -0.05) is 18.9 Å². The molecule has 0 bridgehead atoms. The second-order valence-corrected chi connectivity index (χ2v) is 10.7. The number of piperidine rings is 1. The zero-order valence-corrected chi connectivity index (χ0v) is 21.3. The molecule has 3 aliphatic rings. The fourth-order valence-corrected chi connectivity index (χ4v) is 5.96. The number of carbonyl (C=O) groups is 1. The van der Waals surface area contributed by atoms with Gasteiger partial charge in [-0.25, -0.2) is 9.97 Å². The van der Waals surface area contributed by atoms with E-state index in [4.69, 9.17) is 4.98 Å². The monoisotopic (exact) mass is 488 g/mol. The number of rotatable bonds is 6. The summed E-state index contributed by atoms with van der Waals surface area (Å²) in [6.07, 6.45) is 10.7. The fourth-order valence-electron chi connectivity index (χ4n) is 5.96. The van der Waals surface area contributed by atoms with Gasteiger partial charge in [-0.2, -0.15) is 4.98 Å². The Morgan fingerprint density at radius 1 is 1.03 bits per heavy atom. The van der Waals surface area contributed by atoms with E-state index >= 15 is 0 Å². The van der Waals surface area contributed by atoms with Crippen LogP contribution in [0.1, 0.15) is 66.5 Å². The van der Waals surface area contributed by atoms with Crippen LogP contribution >= 0.6 is 0 Å². The first-order valence-electron chi connectivity index (χ1n) is 13.3. The molecule has 0 aromatic carbocycles. The van der Waals surface area contributed by atoms with Gasteiger partial charge in [0.05, 0.1) is 0 Å². The van der Waals surface area contributed by atoms with Gasteiger partial charge in [0.1, 0.15) is 17.2 Å². The zero-order chi connectivity index (χ0) is 24.6. The number of carbonyl (C=O) groups excluding carboxylic acids is 1. The van der Waals surface area contributed by atoms with Crippen molar-refractivity contribution in [2.75, 3.05) is 45.6 Å². The number of likely N-dealkylation sites (tertiary alicyclic amines) is 1. The van der Waals surface area contributed by atoms with Crippen LogP contribution in [0.2, 0.25) is 0 Å². The van der Waals surface area contributed by atoms with Crippen LogP contribution in [0.4, 0.5) is 11.8 Å². The van der Waals surface area contributed by atoms with Gasteiger partial charge in [-0.3, -0.25) is 9.69 Å². The Kier molecular flexibility index (Phi) is 6.35. The minimum absolute atomic E-state index is 0.00171. The van der Waals surface area contributed by atoms with Crippen LogP contribution in [-0.4, -0.2) is 81.5 Å². The Hall–Kier alpha value is -3.04. The molecule has 36 heavy (non-hydrogen) atoms. The quantitative estimate of drug-likeness (QED) is 0.548. The molecule has 0 spiro atoms. The number of pyridine rings is 1. The summed E-state index contributed by atoms with van der Waals surface area (Å²) >= 11 is 0. The van der Waals surface area contributed by atoms with Crippen molar-refractivity contribution in [3.8, 4) is 0 Å². The number of amides is 1. The number of aromatic nitrogens is 4. The first-order valence-corrected chi connectivity index (χ1v) is 13.3. The summed E-state index contributed by atoms with van der Waals surface area (Å²) in [5.74, 6) is 1.82. The van der Waals surface area contributed by atoms with Crippen molar-refractivity contribution in [2.45, 2.75) is 56.5 Å². The normalized spacial score (nSPS) is 20.1. The number of nitrogens with one attached hydrogen (secondary N) is 2. The molecule has 0 atom stereocenters. The molecule has 9 nitrogen and oxygen atoms in total. The first kappa shape index (κ1) is 23.4. The zero-order valence-electron chi connectivity index (χ0n) is 21.3. The van der Waals surface area contributed by atoms with Crippen molar-refractivity contribution < 1.29 is 4.79 Å². The highest BCUT2D eigenvalue weighted by molar-refractivity contribution is 5.97. The van der Waals surface area contributed by atoms with Crippen molar-refractivity contribution in [3.63, 3.8) is 0 Å². The van der Waals surface area contributed by atoms with Gasteiger partial charge in [0, 0.05) is 57.0 Å². The lowest BCUT2D eigenvalue weighted by molar-refractivity contribution is 0.0815. The molecule has 2 saturated heterocycles. The smallest absolute Gasteiger partial charge is 0.270 e. The lowest BCUT2D eigenvalue weighted by atomic mass is 9.89. The fraction of sp³-hybridized carbons (Fsp3) is 0.556. The molecule has 5 heterocycles. The van der Waals surface area contributed by atoms with E-state index in [1.807, 2.05) is 24.5 Å². The van der Waals surface area contributed by atoms with Gasteiger partial charge in [-0.15, -0.1) is 0 Å². The summed E-state index contributed by atoms with van der Waals surface area (Å²) in [6.45, 7) is 4.62. The molecule has 0 unspecified atom stereocenters. The molecule has 3 aromatic heterocycles. The number of anilines is 2. The van der Waals surface area contributed by atoms with E-state index < -0.39 is 0 Å². The van der Waals surface area contributed by atoms with Crippen molar-refractivity contribution in [3.05, 3.63) is 41.9 Å². The van der Waals surface area contributed by atoms with Crippen molar-refractivity contribution >= 4 is 28.7 Å². The van der Waals surface area contributed by atoms with E-state index in [0.29, 0.717) is 23.6 Å². The molecule has 3 fully saturated rings. The molecular formula is C27H36N8O. The molecule has 6 rings (SSSR count). The average molecular weight is 489 g/mol. The van der Waals surface area contributed by atoms with Gasteiger partial charge in [0.15, 0.2) is 0 Å². The van der Waals surface area contributed by atoms with Crippen LogP contribution in [0.25, 0.3) is 11.0 Å².